The third kappa shape index (κ3) is 1.93. The summed E-state index contributed by atoms with van der Waals surface area (Å²) in [7, 11) is 0. The maximum atomic E-state index is 11.9. The predicted octanol–water partition coefficient (Wildman–Crippen LogP) is 3.15. The highest BCUT2D eigenvalue weighted by Crippen LogP contribution is 2.31. The quantitative estimate of drug-likeness (QED) is 0.595. The van der Waals surface area contributed by atoms with E-state index in [9.17, 15) is 4.79 Å². The number of carbonyl (C=O) groups is 1. The van der Waals surface area contributed by atoms with Crippen LogP contribution >= 0.6 is 0 Å². The van der Waals surface area contributed by atoms with E-state index >= 15 is 0 Å². The molecule has 2 aromatic rings. The number of esters is 1. The van der Waals surface area contributed by atoms with Crippen LogP contribution in [-0.4, -0.2) is 5.97 Å². The molecule has 0 saturated carbocycles. The van der Waals surface area contributed by atoms with Crippen molar-refractivity contribution in [1.29, 1.82) is 0 Å². The Morgan fingerprint density at radius 1 is 1.00 bits per heavy atom. The van der Waals surface area contributed by atoms with Crippen molar-refractivity contribution >= 4 is 17.3 Å². The zero-order valence-electron chi connectivity index (χ0n) is 9.28. The molecule has 0 fully saturated rings. The van der Waals surface area contributed by atoms with Crippen molar-refractivity contribution in [1.82, 2.24) is 5.43 Å². The van der Waals surface area contributed by atoms with Crippen molar-refractivity contribution in [2.24, 2.45) is 10.3 Å². The molecule has 3 rings (SSSR count). The number of fused-ring (bicyclic) bond motifs is 1. The van der Waals surface area contributed by atoms with Crippen molar-refractivity contribution in [3.8, 4) is 5.75 Å². The molecule has 0 saturated heterocycles. The molecule has 5 heteroatoms. The number of ether oxygens (including phenoxy) is 1. The Kier molecular flexibility index (Phi) is 2.49. The van der Waals surface area contributed by atoms with Crippen molar-refractivity contribution in [2.75, 3.05) is 0 Å². The average Bonchev–Trinajstić information content (AvgIpc) is 2.87. The summed E-state index contributed by atoms with van der Waals surface area (Å²) in [6.07, 6.45) is 0. The molecule has 0 bridgehead atoms. The molecule has 1 aliphatic rings. The first-order valence-electron chi connectivity index (χ1n) is 5.36. The maximum absolute atomic E-state index is 11.9. The van der Waals surface area contributed by atoms with Crippen LogP contribution in [0.2, 0.25) is 0 Å². The van der Waals surface area contributed by atoms with Gasteiger partial charge >= 0.3 is 5.97 Å². The Hall–Kier alpha value is -2.69. The van der Waals surface area contributed by atoms with E-state index in [1.807, 2.05) is 6.07 Å². The maximum Gasteiger partial charge on any atom is 0.343 e. The second-order valence-corrected chi connectivity index (χ2v) is 3.70. The minimum Gasteiger partial charge on any atom is -0.423 e. The fourth-order valence-electron chi connectivity index (χ4n) is 1.59. The van der Waals surface area contributed by atoms with E-state index in [1.54, 1.807) is 42.5 Å². The van der Waals surface area contributed by atoms with E-state index in [2.05, 4.69) is 15.8 Å². The van der Waals surface area contributed by atoms with E-state index in [4.69, 9.17) is 4.74 Å². The summed E-state index contributed by atoms with van der Waals surface area (Å²) in [6, 6.07) is 13.9. The topological polar surface area (TPSA) is 65.1 Å². The Balaban J connectivity index is 1.83. The molecule has 1 radical (unpaired) electrons. The summed E-state index contributed by atoms with van der Waals surface area (Å²) in [5.41, 5.74) is 5.45. The Labute approximate surface area is 103 Å². The van der Waals surface area contributed by atoms with Gasteiger partial charge in [0, 0.05) is 0 Å². The summed E-state index contributed by atoms with van der Waals surface area (Å²) in [5.74, 6) is 0.0837. The van der Waals surface area contributed by atoms with Gasteiger partial charge in [-0.25, -0.2) is 4.79 Å². The molecule has 0 aliphatic carbocycles. The highest BCUT2D eigenvalue weighted by molar-refractivity contribution is 5.93. The fourth-order valence-corrected chi connectivity index (χ4v) is 1.59. The first-order valence-corrected chi connectivity index (χ1v) is 5.36. The molecule has 0 spiro atoms. The highest BCUT2D eigenvalue weighted by Gasteiger charge is 2.14. The van der Waals surface area contributed by atoms with Crippen molar-refractivity contribution in [3.63, 3.8) is 0 Å². The van der Waals surface area contributed by atoms with Gasteiger partial charge in [-0.3, -0.25) is 0 Å². The van der Waals surface area contributed by atoms with Crippen molar-refractivity contribution in [2.45, 2.75) is 0 Å². The van der Waals surface area contributed by atoms with E-state index in [-0.39, 0.29) is 0 Å². The lowest BCUT2D eigenvalue weighted by molar-refractivity contribution is 0.0735. The Bertz CT molecular complexity index is 623. The lowest BCUT2D eigenvalue weighted by atomic mass is 10.2. The summed E-state index contributed by atoms with van der Waals surface area (Å²) >= 11 is 0. The molecule has 0 N–H and O–H groups in total. The molecule has 1 aliphatic heterocycles. The summed E-state index contributed by atoms with van der Waals surface area (Å²) in [5, 5.41) is 7.33. The van der Waals surface area contributed by atoms with E-state index in [0.29, 0.717) is 22.7 Å². The number of para-hydroxylation sites is 1. The van der Waals surface area contributed by atoms with Gasteiger partial charge in [-0.15, -0.1) is 10.5 Å². The molecular formula is C13H8N3O2. The minimum atomic E-state index is -0.425. The molecular weight excluding hydrogens is 230 g/mol. The molecule has 0 amide bonds. The zero-order valence-corrected chi connectivity index (χ0v) is 9.28. The standard InChI is InChI=1S/C13H8N3O2/c17-13(18-10-4-2-1-3-5-10)9-6-7-11-12(8-9)15-16-14-11/h1-8H. The summed E-state index contributed by atoms with van der Waals surface area (Å²) in [6.45, 7) is 0. The van der Waals surface area contributed by atoms with Gasteiger partial charge < -0.3 is 4.74 Å². The van der Waals surface area contributed by atoms with Crippen LogP contribution in [0.1, 0.15) is 10.4 Å². The molecule has 1 heterocycles. The number of hydrogen-bond donors (Lipinski definition) is 0. The minimum absolute atomic E-state index is 0.425. The molecule has 0 unspecified atom stereocenters. The number of hydrogen-bond acceptors (Lipinski definition) is 4. The molecule has 0 atom stereocenters. The third-order valence-corrected chi connectivity index (χ3v) is 2.47. The zero-order chi connectivity index (χ0) is 12.4. The van der Waals surface area contributed by atoms with Gasteiger partial charge in [-0.1, -0.05) is 18.2 Å². The monoisotopic (exact) mass is 238 g/mol. The van der Waals surface area contributed by atoms with Crippen LogP contribution < -0.4 is 10.2 Å². The molecule has 18 heavy (non-hydrogen) atoms. The lowest BCUT2D eigenvalue weighted by Gasteiger charge is -2.04. The van der Waals surface area contributed by atoms with Gasteiger partial charge in [-0.05, 0) is 35.6 Å². The van der Waals surface area contributed by atoms with Gasteiger partial charge in [0.2, 0.25) is 0 Å². The van der Waals surface area contributed by atoms with Gasteiger partial charge in [0.25, 0.3) is 0 Å². The first-order chi connectivity index (χ1) is 8.83. The Morgan fingerprint density at radius 3 is 2.67 bits per heavy atom. The second-order valence-electron chi connectivity index (χ2n) is 3.70. The molecule has 87 valence electrons. The third-order valence-electron chi connectivity index (χ3n) is 2.47. The van der Waals surface area contributed by atoms with Crippen molar-refractivity contribution in [3.05, 3.63) is 54.1 Å². The lowest BCUT2D eigenvalue weighted by Crippen LogP contribution is -2.08. The van der Waals surface area contributed by atoms with Crippen molar-refractivity contribution < 1.29 is 9.53 Å². The van der Waals surface area contributed by atoms with Gasteiger partial charge in [0.15, 0.2) is 0 Å². The van der Waals surface area contributed by atoms with Crippen LogP contribution in [0.25, 0.3) is 0 Å². The largest absolute Gasteiger partial charge is 0.423 e. The van der Waals surface area contributed by atoms with Crippen LogP contribution in [-0.2, 0) is 0 Å². The number of benzene rings is 2. The first kappa shape index (κ1) is 10.5. The van der Waals surface area contributed by atoms with E-state index in [1.165, 1.54) is 0 Å². The van der Waals surface area contributed by atoms with Crippen LogP contribution in [0, 0.1) is 0 Å². The normalized spacial score (nSPS) is 11.8. The predicted molar refractivity (Wildman–Crippen MR) is 64.2 cm³/mol. The average molecular weight is 238 g/mol. The van der Waals surface area contributed by atoms with Gasteiger partial charge in [-0.2, -0.15) is 0 Å². The summed E-state index contributed by atoms with van der Waals surface area (Å²) in [4.78, 5) is 11.9. The number of carbonyl (C=O) groups excluding carboxylic acids is 1. The Morgan fingerprint density at radius 2 is 1.83 bits per heavy atom. The molecule has 0 aromatic heterocycles. The second kappa shape index (κ2) is 4.29. The SMILES string of the molecule is O=C(Oc1ccccc1)c1ccc2c(c1)N=N[N]2. The van der Waals surface area contributed by atoms with E-state index in [0.717, 1.165) is 0 Å². The van der Waals surface area contributed by atoms with Crippen LogP contribution in [0.15, 0.2) is 58.9 Å². The fraction of sp³-hybridized carbons (Fsp3) is 0. The molecule has 5 nitrogen and oxygen atoms in total. The number of rotatable bonds is 2. The van der Waals surface area contributed by atoms with Gasteiger partial charge in [0.1, 0.15) is 17.1 Å². The highest BCUT2D eigenvalue weighted by atomic mass is 16.5. The number of nitrogens with zero attached hydrogens (tertiary/aromatic N) is 3. The van der Waals surface area contributed by atoms with Crippen LogP contribution in [0.4, 0.5) is 11.4 Å². The van der Waals surface area contributed by atoms with Crippen LogP contribution in [0.3, 0.4) is 0 Å². The summed E-state index contributed by atoms with van der Waals surface area (Å²) < 4.78 is 5.22. The van der Waals surface area contributed by atoms with Crippen LogP contribution in [0.5, 0.6) is 5.75 Å². The molecule has 2 aromatic carbocycles. The van der Waals surface area contributed by atoms with E-state index < -0.39 is 5.97 Å². The smallest absolute Gasteiger partial charge is 0.343 e. The van der Waals surface area contributed by atoms with Gasteiger partial charge in [0.05, 0.1) is 5.56 Å².